The van der Waals surface area contributed by atoms with Crippen molar-refractivity contribution in [1.82, 2.24) is 15.3 Å². The number of anilines is 1. The second kappa shape index (κ2) is 12.5. The molecule has 1 aromatic heterocycles. The van der Waals surface area contributed by atoms with Crippen LogP contribution in [0, 0.1) is 5.92 Å². The molecule has 0 bridgehead atoms. The summed E-state index contributed by atoms with van der Waals surface area (Å²) in [6.07, 6.45) is 21.4. The fourth-order valence-electron chi connectivity index (χ4n) is 3.80. The molecule has 2 aliphatic rings. The minimum atomic E-state index is 0. The molecule has 2 atom stereocenters. The van der Waals surface area contributed by atoms with Crippen LogP contribution in [0.5, 0.6) is 0 Å². The number of benzene rings is 1. The summed E-state index contributed by atoms with van der Waals surface area (Å²) < 4.78 is 0. The highest BCUT2D eigenvalue weighted by molar-refractivity contribution is 5.78. The molecule has 0 radical (unpaired) electrons. The Hall–Kier alpha value is -3.47. The predicted octanol–water partition coefficient (Wildman–Crippen LogP) is 6.70. The van der Waals surface area contributed by atoms with Crippen molar-refractivity contribution >= 4 is 11.6 Å². The molecule has 2 aromatic rings. The summed E-state index contributed by atoms with van der Waals surface area (Å²) >= 11 is 0. The van der Waals surface area contributed by atoms with Crippen LogP contribution in [0.1, 0.15) is 49.3 Å². The molecule has 1 aromatic carbocycles. The molecule has 2 aliphatic carbocycles. The van der Waals surface area contributed by atoms with Gasteiger partial charge in [0.05, 0.1) is 0 Å². The minimum Gasteiger partial charge on any atom is -0.356 e. The van der Waals surface area contributed by atoms with Gasteiger partial charge in [-0.25, -0.2) is 9.97 Å². The Labute approximate surface area is 200 Å². The van der Waals surface area contributed by atoms with Gasteiger partial charge in [0.2, 0.25) is 5.91 Å². The summed E-state index contributed by atoms with van der Waals surface area (Å²) in [6.45, 7) is 5.97. The Morgan fingerprint density at radius 1 is 1.12 bits per heavy atom. The molecule has 4 rings (SSSR count). The first-order valence-electron chi connectivity index (χ1n) is 11.8. The van der Waals surface area contributed by atoms with Gasteiger partial charge in [0.25, 0.3) is 0 Å². The zero-order chi connectivity index (χ0) is 23.5. The number of amides is 1. The van der Waals surface area contributed by atoms with Gasteiger partial charge in [-0.2, -0.15) is 0 Å². The van der Waals surface area contributed by atoms with Gasteiger partial charge in [0.15, 0.2) is 0 Å². The van der Waals surface area contributed by atoms with Crippen LogP contribution in [0.3, 0.4) is 0 Å². The van der Waals surface area contributed by atoms with Gasteiger partial charge in [-0.3, -0.25) is 4.79 Å². The largest absolute Gasteiger partial charge is 0.356 e. The SMILES string of the molecule is C/C=C\C(=C/CC(=O)NC1CC1C1=CCCC=C1)Nc1ccc(-c2cncnc2)cc1.CC.[HH].[HH]. The van der Waals surface area contributed by atoms with Crippen LogP contribution < -0.4 is 10.6 Å². The zero-order valence-corrected chi connectivity index (χ0v) is 19.8. The fraction of sp³-hybridized carbons (Fsp3) is 0.321. The van der Waals surface area contributed by atoms with E-state index in [-0.39, 0.29) is 14.8 Å². The van der Waals surface area contributed by atoms with E-state index in [1.807, 2.05) is 63.3 Å². The van der Waals surface area contributed by atoms with Crippen molar-refractivity contribution in [3.63, 3.8) is 0 Å². The van der Waals surface area contributed by atoms with E-state index in [9.17, 15) is 4.79 Å². The van der Waals surface area contributed by atoms with Crippen LogP contribution in [-0.2, 0) is 4.79 Å². The van der Waals surface area contributed by atoms with E-state index < -0.39 is 0 Å². The molecule has 0 aliphatic heterocycles. The van der Waals surface area contributed by atoms with Crippen molar-refractivity contribution in [1.29, 1.82) is 0 Å². The molecular formula is C28H38N4O. The van der Waals surface area contributed by atoms with Gasteiger partial charge in [0, 0.05) is 50.6 Å². The molecule has 5 heteroatoms. The van der Waals surface area contributed by atoms with Gasteiger partial charge < -0.3 is 10.6 Å². The molecule has 33 heavy (non-hydrogen) atoms. The summed E-state index contributed by atoms with van der Waals surface area (Å²) in [6, 6.07) is 8.37. The molecule has 0 spiro atoms. The van der Waals surface area contributed by atoms with Crippen molar-refractivity contribution in [3.8, 4) is 11.1 Å². The van der Waals surface area contributed by atoms with Crippen molar-refractivity contribution < 1.29 is 7.65 Å². The summed E-state index contributed by atoms with van der Waals surface area (Å²) in [7, 11) is 0. The molecule has 1 amide bonds. The number of hydrogen-bond donors (Lipinski definition) is 2. The maximum absolute atomic E-state index is 12.4. The molecule has 5 nitrogen and oxygen atoms in total. The molecule has 2 N–H and O–H groups in total. The Kier molecular flexibility index (Phi) is 9.19. The molecular weight excluding hydrogens is 408 g/mol. The number of carbonyl (C=O) groups is 1. The van der Waals surface area contributed by atoms with Gasteiger partial charge in [-0.15, -0.1) is 0 Å². The number of nitrogens with zero attached hydrogens (tertiary/aromatic N) is 2. The molecule has 0 saturated heterocycles. The first-order valence-corrected chi connectivity index (χ1v) is 11.8. The van der Waals surface area contributed by atoms with E-state index in [2.05, 4.69) is 38.8 Å². The summed E-state index contributed by atoms with van der Waals surface area (Å²) in [4.78, 5) is 20.6. The number of hydrogen-bond acceptors (Lipinski definition) is 4. The van der Waals surface area contributed by atoms with Crippen molar-refractivity contribution in [2.75, 3.05) is 5.32 Å². The molecule has 176 valence electrons. The average Bonchev–Trinajstić information content (AvgIpc) is 3.64. The number of carbonyl (C=O) groups excluding carboxylic acids is 1. The van der Waals surface area contributed by atoms with Crippen molar-refractivity contribution in [2.24, 2.45) is 5.92 Å². The smallest absolute Gasteiger partial charge is 0.224 e. The van der Waals surface area contributed by atoms with Crippen molar-refractivity contribution in [3.05, 3.63) is 90.7 Å². The molecule has 1 saturated carbocycles. The lowest BCUT2D eigenvalue weighted by molar-refractivity contribution is -0.120. The first-order chi connectivity index (χ1) is 16.2. The maximum atomic E-state index is 12.4. The van der Waals surface area contributed by atoms with E-state index in [1.54, 1.807) is 12.4 Å². The van der Waals surface area contributed by atoms with Gasteiger partial charge in [-0.1, -0.05) is 56.4 Å². The van der Waals surface area contributed by atoms with Crippen LogP contribution in [0.15, 0.2) is 90.7 Å². The lowest BCUT2D eigenvalue weighted by Gasteiger charge is -2.10. The number of rotatable bonds is 8. The molecule has 1 fully saturated rings. The van der Waals surface area contributed by atoms with Gasteiger partial charge in [0.1, 0.15) is 6.33 Å². The van der Waals surface area contributed by atoms with Gasteiger partial charge >= 0.3 is 0 Å². The highest BCUT2D eigenvalue weighted by Crippen LogP contribution is 2.39. The van der Waals surface area contributed by atoms with Crippen LogP contribution in [0.4, 0.5) is 5.69 Å². The number of aromatic nitrogens is 2. The lowest BCUT2D eigenvalue weighted by atomic mass is 10.0. The van der Waals surface area contributed by atoms with E-state index in [1.165, 1.54) is 11.9 Å². The monoisotopic (exact) mass is 446 g/mol. The normalized spacial score (nSPS) is 19.4. The second-order valence-corrected chi connectivity index (χ2v) is 7.89. The third-order valence-electron chi connectivity index (χ3n) is 5.51. The van der Waals surface area contributed by atoms with Crippen LogP contribution >= 0.6 is 0 Å². The summed E-state index contributed by atoms with van der Waals surface area (Å²) in [5, 5.41) is 6.55. The second-order valence-electron chi connectivity index (χ2n) is 7.89. The molecule has 1 heterocycles. The van der Waals surface area contributed by atoms with Crippen LogP contribution in [0.2, 0.25) is 0 Å². The maximum Gasteiger partial charge on any atom is 0.224 e. The quantitative estimate of drug-likeness (QED) is 0.443. The standard InChI is InChI=1S/C26H28N4O.C2H6.2H2/c1-2-6-22(29-23-11-9-19(10-12-23)21-16-27-18-28-17-21)13-14-26(31)30-25-15-24(25)20-7-4-3-5-8-20;1-2;;/h2,4,6-13,16-18,24-25,29H,3,5,14-15H2,1H3,(H,30,31);1-2H3;2*1H/b6-2-,22-13+;;;. The Morgan fingerprint density at radius 2 is 1.88 bits per heavy atom. The first kappa shape index (κ1) is 24.2. The van der Waals surface area contributed by atoms with E-state index in [0.29, 0.717) is 12.3 Å². The van der Waals surface area contributed by atoms with Crippen molar-refractivity contribution in [2.45, 2.75) is 52.5 Å². The number of nitrogens with one attached hydrogen (secondary N) is 2. The van der Waals surface area contributed by atoms with E-state index in [4.69, 9.17) is 0 Å². The third-order valence-corrected chi connectivity index (χ3v) is 5.51. The topological polar surface area (TPSA) is 66.9 Å². The highest BCUT2D eigenvalue weighted by atomic mass is 16.1. The summed E-state index contributed by atoms with van der Waals surface area (Å²) in [5.41, 5.74) is 5.29. The Morgan fingerprint density at radius 3 is 2.55 bits per heavy atom. The Balaban J connectivity index is 0.00000149. The predicted molar refractivity (Wildman–Crippen MR) is 141 cm³/mol. The summed E-state index contributed by atoms with van der Waals surface area (Å²) in [5.74, 6) is 0.558. The van der Waals surface area contributed by atoms with Crippen LogP contribution in [0.25, 0.3) is 11.1 Å². The average molecular weight is 447 g/mol. The fourth-order valence-corrected chi connectivity index (χ4v) is 3.80. The lowest BCUT2D eigenvalue weighted by Crippen LogP contribution is -2.26. The van der Waals surface area contributed by atoms with Gasteiger partial charge in [-0.05, 0) is 55.5 Å². The minimum absolute atomic E-state index is 0. The Bertz CT molecular complexity index is 1030. The van der Waals surface area contributed by atoms with Crippen LogP contribution in [-0.4, -0.2) is 21.9 Å². The highest BCUT2D eigenvalue weighted by Gasteiger charge is 2.39. The van der Waals surface area contributed by atoms with E-state index in [0.717, 1.165) is 41.8 Å². The van der Waals surface area contributed by atoms with E-state index >= 15 is 0 Å². The number of allylic oxidation sites excluding steroid dienone is 5. The molecule has 2 unspecified atom stereocenters. The third kappa shape index (κ3) is 7.28. The zero-order valence-electron chi connectivity index (χ0n) is 19.8.